The van der Waals surface area contributed by atoms with Crippen LogP contribution in [0.2, 0.25) is 0 Å². The van der Waals surface area contributed by atoms with E-state index in [2.05, 4.69) is 32.4 Å². The topological polar surface area (TPSA) is 79.9 Å². The molecule has 6 heteroatoms. The van der Waals surface area contributed by atoms with Crippen LogP contribution in [0.5, 0.6) is 11.6 Å². The molecule has 0 atom stereocenters. The maximum absolute atomic E-state index is 12.3. The molecule has 4 rings (SSSR count). The van der Waals surface area contributed by atoms with Gasteiger partial charge in [0.25, 0.3) is 5.91 Å². The predicted octanol–water partition coefficient (Wildman–Crippen LogP) is 3.77. The van der Waals surface area contributed by atoms with E-state index in [1.807, 2.05) is 19.9 Å². The molecule has 3 aromatic rings. The van der Waals surface area contributed by atoms with Crippen molar-refractivity contribution in [3.05, 3.63) is 47.3 Å². The lowest BCUT2D eigenvalue weighted by Crippen LogP contribution is -2.29. The van der Waals surface area contributed by atoms with Gasteiger partial charge < -0.3 is 15.0 Å². The number of aromatic amines is 1. The maximum atomic E-state index is 12.3. The molecule has 0 aliphatic heterocycles. The molecule has 0 radical (unpaired) electrons. The Morgan fingerprint density at radius 2 is 2.04 bits per heavy atom. The highest BCUT2D eigenvalue weighted by molar-refractivity contribution is 6.04. The second kappa shape index (κ2) is 6.78. The SMILES string of the molecule is CC(C)NC(=O)c1c[nH]c2ncc(Oc3ccc4c(c3)CCCC4)nc12. The zero-order valence-electron chi connectivity index (χ0n) is 15.0. The lowest BCUT2D eigenvalue weighted by Gasteiger charge is -2.16. The largest absolute Gasteiger partial charge is 0.437 e. The summed E-state index contributed by atoms with van der Waals surface area (Å²) in [6.07, 6.45) is 7.91. The first kappa shape index (κ1) is 16.6. The second-order valence-corrected chi connectivity index (χ2v) is 6.98. The van der Waals surface area contributed by atoms with Gasteiger partial charge in [0.1, 0.15) is 11.3 Å². The Labute approximate surface area is 152 Å². The third-order valence-electron chi connectivity index (χ3n) is 4.57. The van der Waals surface area contributed by atoms with Crippen molar-refractivity contribution < 1.29 is 9.53 Å². The first-order valence-corrected chi connectivity index (χ1v) is 9.05. The molecule has 0 saturated carbocycles. The molecule has 1 aliphatic rings. The fourth-order valence-electron chi connectivity index (χ4n) is 3.33. The normalized spacial score (nSPS) is 13.7. The van der Waals surface area contributed by atoms with E-state index in [4.69, 9.17) is 4.74 Å². The Morgan fingerprint density at radius 3 is 2.85 bits per heavy atom. The second-order valence-electron chi connectivity index (χ2n) is 6.98. The molecule has 0 saturated heterocycles. The molecule has 1 aromatic carbocycles. The van der Waals surface area contributed by atoms with Crippen molar-refractivity contribution in [3.8, 4) is 11.6 Å². The van der Waals surface area contributed by atoms with Crippen molar-refractivity contribution >= 4 is 17.1 Å². The van der Waals surface area contributed by atoms with E-state index >= 15 is 0 Å². The summed E-state index contributed by atoms with van der Waals surface area (Å²) in [5.74, 6) is 0.959. The molecular weight excluding hydrogens is 328 g/mol. The van der Waals surface area contributed by atoms with Crippen LogP contribution in [0.1, 0.15) is 48.2 Å². The van der Waals surface area contributed by atoms with Crippen molar-refractivity contribution in [1.29, 1.82) is 0 Å². The third-order valence-corrected chi connectivity index (χ3v) is 4.57. The van der Waals surface area contributed by atoms with Crippen LogP contribution >= 0.6 is 0 Å². The smallest absolute Gasteiger partial charge is 0.255 e. The van der Waals surface area contributed by atoms with Crippen LogP contribution in [-0.2, 0) is 12.8 Å². The molecule has 2 heterocycles. The van der Waals surface area contributed by atoms with Gasteiger partial charge in [-0.15, -0.1) is 0 Å². The van der Waals surface area contributed by atoms with Crippen LogP contribution < -0.4 is 10.1 Å². The van der Waals surface area contributed by atoms with Crippen LogP contribution in [0.3, 0.4) is 0 Å². The first-order chi connectivity index (χ1) is 12.6. The number of amides is 1. The Morgan fingerprint density at radius 1 is 1.23 bits per heavy atom. The summed E-state index contributed by atoms with van der Waals surface area (Å²) in [4.78, 5) is 24.1. The molecule has 0 spiro atoms. The van der Waals surface area contributed by atoms with Gasteiger partial charge in [0.05, 0.1) is 11.8 Å². The van der Waals surface area contributed by atoms with Crippen molar-refractivity contribution in [2.45, 2.75) is 45.6 Å². The third kappa shape index (κ3) is 3.27. The molecule has 6 nitrogen and oxygen atoms in total. The number of carbonyl (C=O) groups is 1. The Bertz CT molecular complexity index is 962. The number of ether oxygens (including phenoxy) is 1. The molecule has 0 bridgehead atoms. The molecule has 0 unspecified atom stereocenters. The van der Waals surface area contributed by atoms with Crippen molar-refractivity contribution in [2.75, 3.05) is 0 Å². The van der Waals surface area contributed by atoms with Crippen LogP contribution in [0.4, 0.5) is 0 Å². The zero-order chi connectivity index (χ0) is 18.1. The lowest BCUT2D eigenvalue weighted by atomic mass is 9.92. The number of hydrogen-bond acceptors (Lipinski definition) is 4. The van der Waals surface area contributed by atoms with Gasteiger partial charge in [-0.25, -0.2) is 9.97 Å². The quantitative estimate of drug-likeness (QED) is 0.751. The number of rotatable bonds is 4. The molecule has 134 valence electrons. The summed E-state index contributed by atoms with van der Waals surface area (Å²) in [7, 11) is 0. The number of aryl methyl sites for hydroxylation is 2. The number of nitrogens with zero attached hydrogens (tertiary/aromatic N) is 2. The minimum Gasteiger partial charge on any atom is -0.437 e. The average Bonchev–Trinajstić information content (AvgIpc) is 3.04. The average molecular weight is 350 g/mol. The minimum atomic E-state index is -0.175. The van der Waals surface area contributed by atoms with Gasteiger partial charge in [0.15, 0.2) is 5.65 Å². The number of hydrogen-bond donors (Lipinski definition) is 2. The summed E-state index contributed by atoms with van der Waals surface area (Å²) in [5.41, 5.74) is 4.30. The minimum absolute atomic E-state index is 0.0512. The fraction of sp³-hybridized carbons (Fsp3) is 0.350. The number of carbonyl (C=O) groups excluding carboxylic acids is 1. The molecule has 1 aliphatic carbocycles. The summed E-state index contributed by atoms with van der Waals surface area (Å²) >= 11 is 0. The van der Waals surface area contributed by atoms with Gasteiger partial charge in [-0.05, 0) is 62.8 Å². The molecule has 0 fully saturated rings. The fourth-order valence-corrected chi connectivity index (χ4v) is 3.33. The van der Waals surface area contributed by atoms with Gasteiger partial charge in [-0.2, -0.15) is 0 Å². The molecule has 1 amide bonds. The van der Waals surface area contributed by atoms with E-state index in [1.54, 1.807) is 12.4 Å². The van der Waals surface area contributed by atoms with E-state index in [-0.39, 0.29) is 11.9 Å². The predicted molar refractivity (Wildman–Crippen MR) is 99.6 cm³/mol. The van der Waals surface area contributed by atoms with Crippen LogP contribution in [0.25, 0.3) is 11.2 Å². The highest BCUT2D eigenvalue weighted by Gasteiger charge is 2.16. The van der Waals surface area contributed by atoms with E-state index in [9.17, 15) is 4.79 Å². The van der Waals surface area contributed by atoms with Crippen LogP contribution in [0.15, 0.2) is 30.6 Å². The van der Waals surface area contributed by atoms with Crippen molar-refractivity contribution in [3.63, 3.8) is 0 Å². The van der Waals surface area contributed by atoms with E-state index in [0.29, 0.717) is 22.6 Å². The summed E-state index contributed by atoms with van der Waals surface area (Å²) in [6, 6.07) is 6.24. The molecule has 2 aromatic heterocycles. The summed E-state index contributed by atoms with van der Waals surface area (Å²) in [5, 5.41) is 2.87. The van der Waals surface area contributed by atoms with Gasteiger partial charge >= 0.3 is 0 Å². The Hall–Kier alpha value is -2.89. The Balaban J connectivity index is 1.62. The van der Waals surface area contributed by atoms with Crippen molar-refractivity contribution in [1.82, 2.24) is 20.3 Å². The number of aromatic nitrogens is 3. The molecule has 2 N–H and O–H groups in total. The number of benzene rings is 1. The van der Waals surface area contributed by atoms with Crippen LogP contribution in [-0.4, -0.2) is 26.9 Å². The highest BCUT2D eigenvalue weighted by Crippen LogP contribution is 2.28. The Kier molecular flexibility index (Phi) is 4.32. The van der Waals surface area contributed by atoms with Gasteiger partial charge in [0, 0.05) is 12.2 Å². The standard InChI is InChI=1S/C20H22N4O2/c1-12(2)23-20(25)16-10-21-19-18(16)24-17(11-22-19)26-15-8-7-13-5-3-4-6-14(13)9-15/h7-12H,3-6H2,1-2H3,(H,21,22)(H,23,25). The van der Waals surface area contributed by atoms with Gasteiger partial charge in [0.2, 0.25) is 5.88 Å². The number of fused-ring (bicyclic) bond motifs is 2. The molecular formula is C20H22N4O2. The number of H-pyrrole nitrogens is 1. The maximum Gasteiger partial charge on any atom is 0.255 e. The van der Waals surface area contributed by atoms with Gasteiger partial charge in [-0.3, -0.25) is 4.79 Å². The highest BCUT2D eigenvalue weighted by atomic mass is 16.5. The van der Waals surface area contributed by atoms with Gasteiger partial charge in [-0.1, -0.05) is 6.07 Å². The van der Waals surface area contributed by atoms with E-state index < -0.39 is 0 Å². The first-order valence-electron chi connectivity index (χ1n) is 9.05. The number of nitrogens with one attached hydrogen (secondary N) is 2. The monoisotopic (exact) mass is 350 g/mol. The summed E-state index contributed by atoms with van der Waals surface area (Å²) < 4.78 is 5.92. The zero-order valence-corrected chi connectivity index (χ0v) is 15.0. The van der Waals surface area contributed by atoms with Crippen LogP contribution in [0, 0.1) is 0 Å². The lowest BCUT2D eigenvalue weighted by molar-refractivity contribution is 0.0944. The molecule has 26 heavy (non-hydrogen) atoms. The van der Waals surface area contributed by atoms with E-state index in [1.165, 1.54) is 24.0 Å². The van der Waals surface area contributed by atoms with E-state index in [0.717, 1.165) is 18.6 Å². The van der Waals surface area contributed by atoms with Crippen molar-refractivity contribution in [2.24, 2.45) is 0 Å². The summed E-state index contributed by atoms with van der Waals surface area (Å²) in [6.45, 7) is 3.84.